The summed E-state index contributed by atoms with van der Waals surface area (Å²) in [4.78, 5) is 27.5. The van der Waals surface area contributed by atoms with E-state index in [0.717, 1.165) is 19.6 Å². The SMILES string of the molecule is COC1/C=C\C=C(/C)C(=O)Nc2cc(O)c(NCCN3CCCC3)c(c2O)CC(C)CC(OC)C(O)C(C)/C=C(\C)C1OC(C)=O. The minimum Gasteiger partial charge on any atom is -0.506 e. The Bertz CT molecular complexity index is 1290. The summed E-state index contributed by atoms with van der Waals surface area (Å²) in [5.41, 5.74) is 2.02. The molecule has 6 unspecified atom stereocenters. The van der Waals surface area contributed by atoms with Crippen molar-refractivity contribution >= 4 is 23.3 Å². The van der Waals surface area contributed by atoms with Gasteiger partial charge in [0.1, 0.15) is 17.6 Å². The molecule has 11 heteroatoms. The number of ether oxygens (including phenoxy) is 3. The van der Waals surface area contributed by atoms with E-state index in [2.05, 4.69) is 15.5 Å². The van der Waals surface area contributed by atoms with E-state index < -0.39 is 36.3 Å². The summed E-state index contributed by atoms with van der Waals surface area (Å²) >= 11 is 0. The number of hydrogen-bond donors (Lipinski definition) is 5. The molecule has 2 heterocycles. The topological polar surface area (TPSA) is 150 Å². The van der Waals surface area contributed by atoms with E-state index in [-0.39, 0.29) is 29.0 Å². The van der Waals surface area contributed by atoms with E-state index >= 15 is 0 Å². The summed E-state index contributed by atoms with van der Waals surface area (Å²) in [6.45, 7) is 12.1. The number of benzene rings is 1. The van der Waals surface area contributed by atoms with Crippen molar-refractivity contribution in [1.82, 2.24) is 4.90 Å². The molecule has 256 valence electrons. The van der Waals surface area contributed by atoms with Crippen molar-refractivity contribution in [3.05, 3.63) is 47.1 Å². The minimum absolute atomic E-state index is 0.0823. The Kier molecular flexibility index (Phi) is 14.1. The Hall–Kier alpha value is -3.38. The number of aromatic hydroxyl groups is 2. The fraction of sp³-hybridized carbons (Fsp3) is 0.600. The van der Waals surface area contributed by atoms with Gasteiger partial charge in [-0.15, -0.1) is 0 Å². The molecule has 0 aromatic heterocycles. The van der Waals surface area contributed by atoms with Crippen LogP contribution < -0.4 is 10.6 Å². The number of likely N-dealkylation sites (tertiary alicyclic amines) is 1. The fourth-order valence-electron chi connectivity index (χ4n) is 6.21. The van der Waals surface area contributed by atoms with Crippen LogP contribution in [0.3, 0.4) is 0 Å². The Labute approximate surface area is 273 Å². The summed E-state index contributed by atoms with van der Waals surface area (Å²) < 4.78 is 17.0. The molecule has 0 saturated carbocycles. The van der Waals surface area contributed by atoms with Crippen LogP contribution >= 0.6 is 0 Å². The minimum atomic E-state index is -0.893. The number of carbonyl (C=O) groups excluding carboxylic acids is 2. The molecule has 1 aromatic carbocycles. The Morgan fingerprint density at radius 2 is 1.83 bits per heavy atom. The van der Waals surface area contributed by atoms with Gasteiger partial charge in [-0.25, -0.2) is 0 Å². The quantitative estimate of drug-likeness (QED) is 0.124. The molecule has 5 N–H and O–H groups in total. The highest BCUT2D eigenvalue weighted by Crippen LogP contribution is 2.42. The number of hydrogen-bond acceptors (Lipinski definition) is 10. The number of amides is 1. The van der Waals surface area contributed by atoms with Crippen molar-refractivity contribution in [2.24, 2.45) is 11.8 Å². The van der Waals surface area contributed by atoms with E-state index in [1.54, 1.807) is 32.3 Å². The number of phenolic OH excluding ortho intramolecular Hbond substituents is 2. The van der Waals surface area contributed by atoms with Crippen molar-refractivity contribution in [1.29, 1.82) is 0 Å². The molecule has 1 amide bonds. The van der Waals surface area contributed by atoms with E-state index in [0.29, 0.717) is 41.8 Å². The number of esters is 1. The second kappa shape index (κ2) is 17.5. The van der Waals surface area contributed by atoms with Crippen molar-refractivity contribution in [2.45, 2.75) is 84.7 Å². The number of aliphatic hydroxyl groups excluding tert-OH is 1. The highest BCUT2D eigenvalue weighted by atomic mass is 16.6. The van der Waals surface area contributed by atoms with Crippen LogP contribution in [0.1, 0.15) is 59.4 Å². The van der Waals surface area contributed by atoms with Gasteiger partial charge in [0.05, 0.1) is 23.6 Å². The molecular weight excluding hydrogens is 590 g/mol. The molecule has 2 aliphatic heterocycles. The molecular formula is C35H53N3O8. The third-order valence-electron chi connectivity index (χ3n) is 8.81. The number of anilines is 2. The molecule has 1 fully saturated rings. The van der Waals surface area contributed by atoms with Crippen molar-refractivity contribution in [3.63, 3.8) is 0 Å². The molecule has 3 rings (SSSR count). The normalized spacial score (nSPS) is 30.0. The van der Waals surface area contributed by atoms with Crippen LogP contribution in [0.2, 0.25) is 0 Å². The zero-order valence-electron chi connectivity index (χ0n) is 28.3. The van der Waals surface area contributed by atoms with Gasteiger partial charge in [0.15, 0.2) is 6.10 Å². The van der Waals surface area contributed by atoms with Gasteiger partial charge in [-0.2, -0.15) is 0 Å². The van der Waals surface area contributed by atoms with Crippen molar-refractivity contribution < 1.29 is 39.1 Å². The van der Waals surface area contributed by atoms with Crippen LogP contribution in [0.25, 0.3) is 0 Å². The summed E-state index contributed by atoms with van der Waals surface area (Å²) in [5, 5.41) is 40.1. The Balaban J connectivity index is 2.04. The molecule has 0 aliphatic carbocycles. The molecule has 0 radical (unpaired) electrons. The van der Waals surface area contributed by atoms with Gasteiger partial charge in [-0.3, -0.25) is 9.59 Å². The number of methoxy groups -OCH3 is 2. The van der Waals surface area contributed by atoms with Crippen molar-refractivity contribution in [3.8, 4) is 11.5 Å². The number of phenols is 2. The first-order chi connectivity index (χ1) is 21.9. The van der Waals surface area contributed by atoms with E-state index in [1.807, 2.05) is 26.8 Å². The first-order valence-electron chi connectivity index (χ1n) is 16.2. The summed E-state index contributed by atoms with van der Waals surface area (Å²) in [5.74, 6) is -1.64. The predicted molar refractivity (Wildman–Crippen MR) is 179 cm³/mol. The van der Waals surface area contributed by atoms with Gasteiger partial charge in [0, 0.05) is 57.4 Å². The number of nitrogens with zero attached hydrogens (tertiary/aromatic N) is 1. The van der Waals surface area contributed by atoms with Crippen LogP contribution in [-0.2, 0) is 30.2 Å². The molecule has 11 nitrogen and oxygen atoms in total. The first-order valence-corrected chi connectivity index (χ1v) is 16.2. The zero-order valence-corrected chi connectivity index (χ0v) is 28.3. The lowest BCUT2D eigenvalue weighted by atomic mass is 9.87. The standard InChI is InChI=1S/C35H53N3O8/c1-21-17-26-31(36-13-16-38-14-8-9-15-38)28(40)20-27(33(26)42)37-35(43)22(2)11-10-12-29(44-6)34(46-25(5)39)24(4)19-23(3)32(41)30(18-21)45-7/h10-12,19-21,23,29-30,32,34,36,40-42H,8-9,13-18H2,1-7H3,(H,37,43)/b12-10-,22-11+,24-19+. The molecule has 6 atom stereocenters. The smallest absolute Gasteiger partial charge is 0.303 e. The number of aliphatic hydroxyl groups is 1. The maximum absolute atomic E-state index is 13.2. The van der Waals surface area contributed by atoms with Crippen molar-refractivity contribution in [2.75, 3.05) is 51.0 Å². The molecule has 2 aliphatic rings. The summed E-state index contributed by atoms with van der Waals surface area (Å²) in [6.07, 6.45) is 7.00. The Morgan fingerprint density at radius 3 is 2.46 bits per heavy atom. The van der Waals surface area contributed by atoms with Crippen LogP contribution in [0.15, 0.2) is 41.5 Å². The molecule has 1 aromatic rings. The first kappa shape index (κ1) is 37.1. The highest BCUT2D eigenvalue weighted by molar-refractivity contribution is 6.04. The maximum atomic E-state index is 13.2. The molecule has 46 heavy (non-hydrogen) atoms. The number of allylic oxidation sites excluding steroid dienone is 2. The highest BCUT2D eigenvalue weighted by Gasteiger charge is 2.30. The average molecular weight is 644 g/mol. The lowest BCUT2D eigenvalue weighted by Crippen LogP contribution is -2.36. The maximum Gasteiger partial charge on any atom is 0.303 e. The van der Waals surface area contributed by atoms with Crippen LogP contribution in [0.4, 0.5) is 11.4 Å². The van der Waals surface area contributed by atoms with E-state index in [1.165, 1.54) is 32.9 Å². The van der Waals surface area contributed by atoms with E-state index in [9.17, 15) is 24.9 Å². The van der Waals surface area contributed by atoms with Gasteiger partial charge in [0.25, 0.3) is 5.91 Å². The van der Waals surface area contributed by atoms with Gasteiger partial charge >= 0.3 is 5.97 Å². The molecule has 1 saturated heterocycles. The second-order valence-electron chi connectivity index (χ2n) is 12.6. The predicted octanol–water partition coefficient (Wildman–Crippen LogP) is 4.53. The zero-order chi connectivity index (χ0) is 34.0. The number of nitrogens with one attached hydrogen (secondary N) is 2. The fourth-order valence-corrected chi connectivity index (χ4v) is 6.21. The number of fused-ring (bicyclic) bond motifs is 2. The third-order valence-corrected chi connectivity index (χ3v) is 8.81. The van der Waals surface area contributed by atoms with Gasteiger partial charge < -0.3 is 45.1 Å². The largest absolute Gasteiger partial charge is 0.506 e. The second-order valence-corrected chi connectivity index (χ2v) is 12.6. The van der Waals surface area contributed by atoms with Gasteiger partial charge in [-0.05, 0) is 64.1 Å². The molecule has 2 bridgehead atoms. The van der Waals surface area contributed by atoms with Crippen LogP contribution in [0.5, 0.6) is 11.5 Å². The monoisotopic (exact) mass is 643 g/mol. The summed E-state index contributed by atoms with van der Waals surface area (Å²) in [6, 6.07) is 1.35. The lowest BCUT2D eigenvalue weighted by Gasteiger charge is -2.30. The van der Waals surface area contributed by atoms with Crippen LogP contribution in [0, 0.1) is 11.8 Å². The number of rotatable bonds is 7. The Morgan fingerprint density at radius 1 is 1.13 bits per heavy atom. The van der Waals surface area contributed by atoms with Gasteiger partial charge in [-0.1, -0.05) is 38.2 Å². The third kappa shape index (κ3) is 10.1. The lowest BCUT2D eigenvalue weighted by molar-refractivity contribution is -0.149. The molecule has 0 spiro atoms. The van der Waals surface area contributed by atoms with Crippen LogP contribution in [-0.4, -0.2) is 96.9 Å². The van der Waals surface area contributed by atoms with E-state index in [4.69, 9.17) is 14.2 Å². The number of carbonyl (C=O) groups is 2. The van der Waals surface area contributed by atoms with Gasteiger partial charge in [0.2, 0.25) is 0 Å². The summed E-state index contributed by atoms with van der Waals surface area (Å²) in [7, 11) is 3.04. The average Bonchev–Trinajstić information content (AvgIpc) is 3.53.